The number of H-pyrrole nitrogens is 2. The van der Waals surface area contributed by atoms with Gasteiger partial charge in [-0.25, -0.2) is 0 Å². The maximum Gasteiger partial charge on any atom is 0.192 e. The lowest BCUT2D eigenvalue weighted by atomic mass is 10.2. The second kappa shape index (κ2) is 5.88. The van der Waals surface area contributed by atoms with Crippen molar-refractivity contribution < 1.29 is 4.74 Å². The molecule has 1 aromatic carbocycles. The summed E-state index contributed by atoms with van der Waals surface area (Å²) in [6.07, 6.45) is 0. The van der Waals surface area contributed by atoms with Gasteiger partial charge in [-0.05, 0) is 31.3 Å². The van der Waals surface area contributed by atoms with Gasteiger partial charge in [0.05, 0.1) is 5.75 Å². The van der Waals surface area contributed by atoms with Crippen LogP contribution in [-0.4, -0.2) is 21.1 Å². The van der Waals surface area contributed by atoms with Crippen LogP contribution in [0.5, 0.6) is 5.75 Å². The highest BCUT2D eigenvalue weighted by Gasteiger charge is 1.98. The summed E-state index contributed by atoms with van der Waals surface area (Å²) in [6, 6.07) is 8.01. The van der Waals surface area contributed by atoms with E-state index in [0.29, 0.717) is 10.7 Å². The van der Waals surface area contributed by atoms with Gasteiger partial charge in [0, 0.05) is 0 Å². The van der Waals surface area contributed by atoms with Crippen molar-refractivity contribution in [2.24, 2.45) is 0 Å². The monoisotopic (exact) mass is 267 g/mol. The van der Waals surface area contributed by atoms with Crippen molar-refractivity contribution in [2.75, 3.05) is 5.94 Å². The Balaban J connectivity index is 1.73. The Hall–Kier alpha value is -1.27. The predicted octanol–water partition coefficient (Wildman–Crippen LogP) is 3.05. The number of aryl methyl sites for hydroxylation is 1. The molecule has 17 heavy (non-hydrogen) atoms. The van der Waals surface area contributed by atoms with Crippen LogP contribution in [0.2, 0.25) is 0 Å². The summed E-state index contributed by atoms with van der Waals surface area (Å²) in [5, 5.41) is 6.70. The normalized spacial score (nSPS) is 10.4. The van der Waals surface area contributed by atoms with E-state index in [2.05, 4.69) is 22.1 Å². The highest BCUT2D eigenvalue weighted by atomic mass is 32.2. The Morgan fingerprint density at radius 3 is 2.76 bits per heavy atom. The number of nitrogens with one attached hydrogen (secondary N) is 2. The Morgan fingerprint density at radius 1 is 1.35 bits per heavy atom. The summed E-state index contributed by atoms with van der Waals surface area (Å²) in [5.41, 5.74) is 1.23. The summed E-state index contributed by atoms with van der Waals surface area (Å²) in [6.45, 7) is 2.05. The van der Waals surface area contributed by atoms with Crippen molar-refractivity contribution >= 4 is 24.0 Å². The van der Waals surface area contributed by atoms with Crippen molar-refractivity contribution in [3.05, 3.63) is 40.4 Å². The number of hydrogen-bond donors (Lipinski definition) is 2. The highest BCUT2D eigenvalue weighted by Crippen LogP contribution is 2.15. The van der Waals surface area contributed by atoms with Crippen molar-refractivity contribution in [3.63, 3.8) is 0 Å². The number of aromatic nitrogens is 3. The van der Waals surface area contributed by atoms with Gasteiger partial charge in [0.15, 0.2) is 4.77 Å². The molecule has 0 saturated carbocycles. The molecule has 0 amide bonds. The van der Waals surface area contributed by atoms with Gasteiger partial charge in [-0.3, -0.25) is 5.10 Å². The molecule has 4 nitrogen and oxygen atoms in total. The molecule has 0 fully saturated rings. The molecule has 0 unspecified atom stereocenters. The van der Waals surface area contributed by atoms with Crippen LogP contribution in [0.1, 0.15) is 11.4 Å². The molecule has 1 aromatic heterocycles. The first-order valence-corrected chi connectivity index (χ1v) is 6.71. The lowest BCUT2D eigenvalue weighted by Gasteiger charge is -2.04. The van der Waals surface area contributed by atoms with E-state index in [1.165, 1.54) is 5.56 Å². The number of thioether (sulfide) groups is 1. The molecule has 0 spiro atoms. The summed E-state index contributed by atoms with van der Waals surface area (Å²) < 4.78 is 6.13. The summed E-state index contributed by atoms with van der Waals surface area (Å²) >= 11 is 6.52. The molecular weight excluding hydrogens is 254 g/mol. The van der Waals surface area contributed by atoms with Gasteiger partial charge < -0.3 is 9.72 Å². The molecule has 1 heterocycles. The van der Waals surface area contributed by atoms with Crippen molar-refractivity contribution in [1.82, 2.24) is 15.2 Å². The molecule has 0 radical (unpaired) electrons. The molecule has 0 saturated heterocycles. The third-order valence-electron chi connectivity index (χ3n) is 2.12. The number of benzene rings is 1. The van der Waals surface area contributed by atoms with E-state index in [1.807, 2.05) is 24.3 Å². The van der Waals surface area contributed by atoms with Crippen LogP contribution in [0, 0.1) is 11.7 Å². The molecule has 0 bridgehead atoms. The molecule has 0 aliphatic heterocycles. The van der Waals surface area contributed by atoms with Gasteiger partial charge in [-0.1, -0.05) is 17.7 Å². The smallest absolute Gasteiger partial charge is 0.192 e. The topological polar surface area (TPSA) is 53.7 Å². The molecular formula is C11H13N3OS2. The van der Waals surface area contributed by atoms with Crippen molar-refractivity contribution in [3.8, 4) is 5.75 Å². The molecule has 0 aliphatic rings. The van der Waals surface area contributed by atoms with Crippen LogP contribution in [0.25, 0.3) is 0 Å². The third-order valence-corrected chi connectivity index (χ3v) is 3.07. The lowest BCUT2D eigenvalue weighted by Crippen LogP contribution is -1.94. The fraction of sp³-hybridized carbons (Fsp3) is 0.273. The molecule has 2 aromatic rings. The van der Waals surface area contributed by atoms with E-state index < -0.39 is 0 Å². The first-order chi connectivity index (χ1) is 8.24. The van der Waals surface area contributed by atoms with Crippen LogP contribution in [0.15, 0.2) is 24.3 Å². The second-order valence-corrected chi connectivity index (χ2v) is 4.89. The summed E-state index contributed by atoms with van der Waals surface area (Å²) in [5.74, 6) is 3.07. The largest absolute Gasteiger partial charge is 0.483 e. The van der Waals surface area contributed by atoms with Crippen molar-refractivity contribution in [2.45, 2.75) is 12.7 Å². The Morgan fingerprint density at radius 2 is 2.12 bits per heavy atom. The molecule has 0 atom stereocenters. The predicted molar refractivity (Wildman–Crippen MR) is 71.7 cm³/mol. The van der Waals surface area contributed by atoms with Gasteiger partial charge in [-0.2, -0.15) is 5.10 Å². The number of hydrogen-bond acceptors (Lipinski definition) is 4. The SMILES string of the molecule is Cc1ccc(OCSCc2n[nH]c(=S)[nH]2)cc1. The van der Waals surface area contributed by atoms with Crippen LogP contribution >= 0.6 is 24.0 Å². The van der Waals surface area contributed by atoms with Gasteiger partial charge in [0.1, 0.15) is 17.5 Å². The minimum absolute atomic E-state index is 0.556. The van der Waals surface area contributed by atoms with Crippen LogP contribution in [0.3, 0.4) is 0 Å². The van der Waals surface area contributed by atoms with E-state index in [-0.39, 0.29) is 0 Å². The highest BCUT2D eigenvalue weighted by molar-refractivity contribution is 7.98. The zero-order valence-corrected chi connectivity index (χ0v) is 11.0. The number of ether oxygens (including phenoxy) is 1. The Labute approximate surface area is 109 Å². The van der Waals surface area contributed by atoms with E-state index >= 15 is 0 Å². The zero-order valence-electron chi connectivity index (χ0n) is 9.40. The first kappa shape index (κ1) is 12.2. The van der Waals surface area contributed by atoms with Crippen molar-refractivity contribution in [1.29, 1.82) is 0 Å². The van der Waals surface area contributed by atoms with E-state index in [4.69, 9.17) is 17.0 Å². The van der Waals surface area contributed by atoms with E-state index in [1.54, 1.807) is 11.8 Å². The second-order valence-electron chi connectivity index (χ2n) is 3.55. The first-order valence-electron chi connectivity index (χ1n) is 5.15. The van der Waals surface area contributed by atoms with Crippen LogP contribution in [0.4, 0.5) is 0 Å². The molecule has 2 N–H and O–H groups in total. The quantitative estimate of drug-likeness (QED) is 0.496. The number of aromatic amines is 2. The minimum Gasteiger partial charge on any atom is -0.483 e. The van der Waals surface area contributed by atoms with Gasteiger partial charge >= 0.3 is 0 Å². The fourth-order valence-electron chi connectivity index (χ4n) is 1.26. The average molecular weight is 267 g/mol. The summed E-state index contributed by atoms with van der Waals surface area (Å²) in [7, 11) is 0. The van der Waals surface area contributed by atoms with Gasteiger partial charge in [0.2, 0.25) is 0 Å². The Bertz CT molecular complexity index is 518. The zero-order chi connectivity index (χ0) is 12.1. The fourth-order valence-corrected chi connectivity index (χ4v) is 2.05. The molecule has 0 aliphatic carbocycles. The van der Waals surface area contributed by atoms with E-state index in [9.17, 15) is 0 Å². The molecule has 90 valence electrons. The maximum absolute atomic E-state index is 5.57. The molecule has 6 heteroatoms. The van der Waals surface area contributed by atoms with E-state index in [0.717, 1.165) is 17.3 Å². The lowest BCUT2D eigenvalue weighted by molar-refractivity contribution is 0.393. The Kier molecular flexibility index (Phi) is 4.22. The summed E-state index contributed by atoms with van der Waals surface area (Å²) in [4.78, 5) is 2.95. The maximum atomic E-state index is 5.57. The van der Waals surface area contributed by atoms with Gasteiger partial charge in [0.25, 0.3) is 0 Å². The standard InChI is InChI=1S/C11H13N3OS2/c1-8-2-4-9(5-3-8)15-7-17-6-10-12-11(16)14-13-10/h2-5H,6-7H2,1H3,(H2,12,13,14,16). The minimum atomic E-state index is 0.556. The van der Waals surface area contributed by atoms with Crippen LogP contribution in [-0.2, 0) is 5.75 Å². The van der Waals surface area contributed by atoms with Crippen LogP contribution < -0.4 is 4.74 Å². The number of nitrogens with zero attached hydrogens (tertiary/aromatic N) is 1. The third kappa shape index (κ3) is 3.90. The van der Waals surface area contributed by atoms with Gasteiger partial charge in [-0.15, -0.1) is 11.8 Å². The average Bonchev–Trinajstić information content (AvgIpc) is 2.73. The molecule has 2 rings (SSSR count). The number of rotatable bonds is 5.